The minimum Gasteiger partial charge on any atom is -0.380 e. The predicted octanol–water partition coefficient (Wildman–Crippen LogP) is 3.19. The number of hydrogen-bond acceptors (Lipinski definition) is 4. The van der Waals surface area contributed by atoms with E-state index in [4.69, 9.17) is 9.72 Å². The second kappa shape index (κ2) is 7.65. The Morgan fingerprint density at radius 1 is 1.16 bits per heavy atom. The quantitative estimate of drug-likeness (QED) is 0.584. The van der Waals surface area contributed by atoms with Crippen molar-refractivity contribution in [2.75, 3.05) is 13.2 Å². The molecule has 3 aromatic heterocycles. The van der Waals surface area contributed by atoms with E-state index in [2.05, 4.69) is 32.3 Å². The minimum absolute atomic E-state index is 0.232. The van der Waals surface area contributed by atoms with Crippen molar-refractivity contribution in [3.8, 4) is 0 Å². The van der Waals surface area contributed by atoms with Gasteiger partial charge in [0.2, 0.25) is 5.78 Å². The summed E-state index contributed by atoms with van der Waals surface area (Å²) >= 11 is 0. The predicted molar refractivity (Wildman–Crippen MR) is 122 cm³/mol. The lowest BCUT2D eigenvalue weighted by molar-refractivity contribution is 0.137. The van der Waals surface area contributed by atoms with Gasteiger partial charge in [0.25, 0.3) is 5.56 Å². The molecule has 0 amide bonds. The molecule has 3 aromatic rings. The number of imidazole rings is 2. The number of nitrogens with zero attached hydrogens (tertiary/aromatic N) is 5. The second-order valence-corrected chi connectivity index (χ2v) is 10.0. The standard InChI is InChI=1S/C23H35N5O3/c1-8-31-10-9-26-20(29)18-19(25(7)22(26)30)24-21-27(15(3)16(4)28(18)21)17-11-14(2)12-23(5,6)13-17/h14,17H,8-13H2,1-7H3/t14-,17+/m0/s1. The molecule has 0 aromatic carbocycles. The zero-order valence-electron chi connectivity index (χ0n) is 19.9. The van der Waals surface area contributed by atoms with Crippen molar-refractivity contribution in [3.63, 3.8) is 0 Å². The Morgan fingerprint density at radius 3 is 2.52 bits per heavy atom. The normalized spacial score (nSPS) is 21.4. The molecule has 1 aliphatic rings. The topological polar surface area (TPSA) is 75.5 Å². The van der Waals surface area contributed by atoms with Crippen LogP contribution in [0.25, 0.3) is 16.9 Å². The molecule has 1 aliphatic carbocycles. The summed E-state index contributed by atoms with van der Waals surface area (Å²) in [4.78, 5) is 31.1. The number of hydrogen-bond donors (Lipinski definition) is 0. The molecule has 0 N–H and O–H groups in total. The summed E-state index contributed by atoms with van der Waals surface area (Å²) in [7, 11) is 1.69. The van der Waals surface area contributed by atoms with Crippen molar-refractivity contribution in [2.24, 2.45) is 18.4 Å². The molecule has 2 atom stereocenters. The molecule has 8 nitrogen and oxygen atoms in total. The Kier molecular flexibility index (Phi) is 5.40. The second-order valence-electron chi connectivity index (χ2n) is 10.0. The van der Waals surface area contributed by atoms with E-state index in [9.17, 15) is 9.59 Å². The highest BCUT2D eigenvalue weighted by Crippen LogP contribution is 2.45. The smallest absolute Gasteiger partial charge is 0.332 e. The van der Waals surface area contributed by atoms with Crippen LogP contribution in [0.3, 0.4) is 0 Å². The van der Waals surface area contributed by atoms with E-state index in [1.54, 1.807) is 7.05 Å². The molecule has 0 saturated heterocycles. The van der Waals surface area contributed by atoms with Crippen LogP contribution in [0.5, 0.6) is 0 Å². The van der Waals surface area contributed by atoms with Gasteiger partial charge in [-0.15, -0.1) is 0 Å². The first kappa shape index (κ1) is 21.9. The summed E-state index contributed by atoms with van der Waals surface area (Å²) in [6.45, 7) is 14.1. The Hall–Kier alpha value is -2.35. The number of ether oxygens (including phenoxy) is 1. The lowest BCUT2D eigenvalue weighted by Gasteiger charge is -2.40. The Balaban J connectivity index is 1.97. The van der Waals surface area contributed by atoms with Crippen molar-refractivity contribution in [3.05, 3.63) is 32.2 Å². The number of fused-ring (bicyclic) bond motifs is 3. The van der Waals surface area contributed by atoms with Gasteiger partial charge in [0.1, 0.15) is 0 Å². The maximum atomic E-state index is 13.4. The van der Waals surface area contributed by atoms with Gasteiger partial charge in [0, 0.05) is 31.1 Å². The van der Waals surface area contributed by atoms with Gasteiger partial charge in [0.05, 0.1) is 13.2 Å². The zero-order valence-corrected chi connectivity index (χ0v) is 19.9. The van der Waals surface area contributed by atoms with E-state index in [-0.39, 0.29) is 23.2 Å². The van der Waals surface area contributed by atoms with Gasteiger partial charge in [0.15, 0.2) is 11.2 Å². The molecule has 1 saturated carbocycles. The van der Waals surface area contributed by atoms with Gasteiger partial charge in [-0.25, -0.2) is 4.79 Å². The van der Waals surface area contributed by atoms with Crippen LogP contribution in [0.1, 0.15) is 64.4 Å². The molecular formula is C23H35N5O3. The summed E-state index contributed by atoms with van der Waals surface area (Å²) in [5.41, 5.74) is 2.64. The van der Waals surface area contributed by atoms with Gasteiger partial charge >= 0.3 is 5.69 Å². The van der Waals surface area contributed by atoms with Crippen molar-refractivity contribution in [1.82, 2.24) is 23.1 Å². The van der Waals surface area contributed by atoms with Crippen LogP contribution >= 0.6 is 0 Å². The highest BCUT2D eigenvalue weighted by molar-refractivity contribution is 5.76. The third-order valence-corrected chi connectivity index (χ3v) is 6.95. The molecule has 170 valence electrons. The highest BCUT2D eigenvalue weighted by Gasteiger charge is 2.35. The number of aromatic nitrogens is 5. The van der Waals surface area contributed by atoms with Gasteiger partial charge in [-0.1, -0.05) is 20.8 Å². The average molecular weight is 430 g/mol. The Labute approximate surface area is 182 Å². The summed E-state index contributed by atoms with van der Waals surface area (Å²) in [5.74, 6) is 1.38. The third-order valence-electron chi connectivity index (χ3n) is 6.95. The first-order valence-corrected chi connectivity index (χ1v) is 11.3. The van der Waals surface area contributed by atoms with E-state index < -0.39 is 0 Å². The van der Waals surface area contributed by atoms with Crippen molar-refractivity contribution in [1.29, 1.82) is 0 Å². The fourth-order valence-corrected chi connectivity index (χ4v) is 5.70. The number of aryl methyl sites for hydroxylation is 2. The van der Waals surface area contributed by atoms with E-state index >= 15 is 0 Å². The maximum Gasteiger partial charge on any atom is 0.332 e. The van der Waals surface area contributed by atoms with Gasteiger partial charge in [-0.3, -0.25) is 18.3 Å². The zero-order chi connectivity index (χ0) is 22.7. The van der Waals surface area contributed by atoms with Crippen LogP contribution < -0.4 is 11.2 Å². The lowest BCUT2D eigenvalue weighted by atomic mass is 9.70. The third kappa shape index (κ3) is 3.45. The lowest BCUT2D eigenvalue weighted by Crippen LogP contribution is -2.40. The van der Waals surface area contributed by atoms with Crippen molar-refractivity contribution < 1.29 is 4.74 Å². The Bertz CT molecular complexity index is 1260. The van der Waals surface area contributed by atoms with E-state index in [1.165, 1.54) is 15.6 Å². The molecule has 1 fully saturated rings. The fraction of sp³-hybridized carbons (Fsp3) is 0.696. The van der Waals surface area contributed by atoms with E-state index in [1.807, 2.05) is 18.2 Å². The molecule has 3 heterocycles. The summed E-state index contributed by atoms with van der Waals surface area (Å²) in [6.07, 6.45) is 3.38. The largest absolute Gasteiger partial charge is 0.380 e. The van der Waals surface area contributed by atoms with Crippen LogP contribution in [0.4, 0.5) is 0 Å². The fourth-order valence-electron chi connectivity index (χ4n) is 5.70. The van der Waals surface area contributed by atoms with Crippen molar-refractivity contribution in [2.45, 2.75) is 73.4 Å². The molecule has 4 rings (SSSR count). The van der Waals surface area contributed by atoms with E-state index in [0.29, 0.717) is 36.3 Å². The molecular weight excluding hydrogens is 394 g/mol. The number of rotatable bonds is 5. The Morgan fingerprint density at radius 2 is 1.87 bits per heavy atom. The SMILES string of the molecule is CCOCCn1c(=O)c2c(nc3n([C@@H]4C[C@H](C)CC(C)(C)C4)c(C)c(C)n23)n(C)c1=O. The van der Waals surface area contributed by atoms with Crippen LogP contribution in [0, 0.1) is 25.2 Å². The first-order valence-electron chi connectivity index (χ1n) is 11.3. The van der Waals surface area contributed by atoms with Crippen molar-refractivity contribution >= 4 is 16.9 Å². The maximum absolute atomic E-state index is 13.4. The van der Waals surface area contributed by atoms with Gasteiger partial charge in [-0.05, 0) is 51.4 Å². The first-order chi connectivity index (χ1) is 14.6. The van der Waals surface area contributed by atoms with Crippen LogP contribution in [0.2, 0.25) is 0 Å². The summed E-state index contributed by atoms with van der Waals surface area (Å²) in [6, 6.07) is 0.323. The molecule has 0 spiro atoms. The van der Waals surface area contributed by atoms with Crippen LogP contribution in [-0.4, -0.2) is 36.3 Å². The monoisotopic (exact) mass is 429 g/mol. The summed E-state index contributed by atoms with van der Waals surface area (Å²) in [5, 5.41) is 0. The van der Waals surface area contributed by atoms with Gasteiger partial charge < -0.3 is 9.30 Å². The van der Waals surface area contributed by atoms with Crippen LogP contribution in [-0.2, 0) is 18.3 Å². The average Bonchev–Trinajstić information content (AvgIpc) is 3.17. The molecule has 0 bridgehead atoms. The van der Waals surface area contributed by atoms with E-state index in [0.717, 1.165) is 30.0 Å². The summed E-state index contributed by atoms with van der Waals surface area (Å²) < 4.78 is 12.4. The van der Waals surface area contributed by atoms with Crippen LogP contribution in [0.15, 0.2) is 9.59 Å². The van der Waals surface area contributed by atoms with Gasteiger partial charge in [-0.2, -0.15) is 4.98 Å². The molecule has 31 heavy (non-hydrogen) atoms. The molecule has 0 radical (unpaired) electrons. The minimum atomic E-state index is -0.355. The molecule has 0 aliphatic heterocycles. The molecule has 8 heteroatoms. The molecule has 0 unspecified atom stereocenters. The highest BCUT2D eigenvalue weighted by atomic mass is 16.5.